The summed E-state index contributed by atoms with van der Waals surface area (Å²) in [6, 6.07) is 0. The molecule has 0 saturated heterocycles. The fourth-order valence-corrected chi connectivity index (χ4v) is 1.42. The number of hydrogen-bond acceptors (Lipinski definition) is 3. The summed E-state index contributed by atoms with van der Waals surface area (Å²) in [5.41, 5.74) is 11.8. The number of primary amides is 1. The summed E-state index contributed by atoms with van der Waals surface area (Å²) in [7, 11) is 0. The van der Waals surface area contributed by atoms with E-state index in [0.29, 0.717) is 11.4 Å². The average Bonchev–Trinajstić information content (AvgIpc) is 2.28. The lowest BCUT2D eigenvalue weighted by atomic mass is 9.90. The molecule has 0 aliphatic rings. The maximum absolute atomic E-state index is 11.0. The SMILES string of the molecule is Cc1c(C(C)(C)C)oc(C(N)=O)c1N. The summed E-state index contributed by atoms with van der Waals surface area (Å²) >= 11 is 0. The van der Waals surface area contributed by atoms with Gasteiger partial charge < -0.3 is 15.9 Å². The minimum absolute atomic E-state index is 0.0624. The van der Waals surface area contributed by atoms with Crippen LogP contribution in [0.4, 0.5) is 5.69 Å². The minimum Gasteiger partial charge on any atom is -0.453 e. The third kappa shape index (κ3) is 1.60. The fourth-order valence-electron chi connectivity index (χ4n) is 1.42. The monoisotopic (exact) mass is 196 g/mol. The zero-order valence-corrected chi connectivity index (χ0v) is 8.97. The zero-order chi connectivity index (χ0) is 11.1. The Balaban J connectivity index is 3.37. The van der Waals surface area contributed by atoms with E-state index in [1.165, 1.54) is 0 Å². The number of furan rings is 1. The summed E-state index contributed by atoms with van der Waals surface area (Å²) in [5.74, 6) is 0.150. The standard InChI is InChI=1S/C10H16N2O2/c1-5-6(11)7(9(12)13)14-8(5)10(2,3)4/h11H2,1-4H3,(H2,12,13). The highest BCUT2D eigenvalue weighted by Crippen LogP contribution is 2.33. The van der Waals surface area contributed by atoms with Gasteiger partial charge in [0.15, 0.2) is 0 Å². The third-order valence-electron chi connectivity index (χ3n) is 2.10. The van der Waals surface area contributed by atoms with Crippen molar-refractivity contribution in [1.82, 2.24) is 0 Å². The van der Waals surface area contributed by atoms with Crippen molar-refractivity contribution in [1.29, 1.82) is 0 Å². The van der Waals surface area contributed by atoms with Gasteiger partial charge in [0.1, 0.15) is 5.76 Å². The van der Waals surface area contributed by atoms with Crippen molar-refractivity contribution in [2.24, 2.45) is 5.73 Å². The Kier molecular flexibility index (Phi) is 2.31. The van der Waals surface area contributed by atoms with Crippen LogP contribution in [0.3, 0.4) is 0 Å². The van der Waals surface area contributed by atoms with E-state index in [0.717, 1.165) is 5.56 Å². The van der Waals surface area contributed by atoms with Gasteiger partial charge in [-0.25, -0.2) is 0 Å². The lowest BCUT2D eigenvalue weighted by Crippen LogP contribution is -2.12. The van der Waals surface area contributed by atoms with Crippen LogP contribution in [-0.2, 0) is 5.41 Å². The number of nitrogen functional groups attached to an aromatic ring is 1. The van der Waals surface area contributed by atoms with Gasteiger partial charge in [-0.2, -0.15) is 0 Å². The molecule has 1 rings (SSSR count). The Bertz CT molecular complexity index is 372. The number of nitrogens with two attached hydrogens (primary N) is 2. The van der Waals surface area contributed by atoms with Gasteiger partial charge in [-0.15, -0.1) is 0 Å². The summed E-state index contributed by atoms with van der Waals surface area (Å²) in [5, 5.41) is 0. The lowest BCUT2D eigenvalue weighted by Gasteiger charge is -2.15. The van der Waals surface area contributed by atoms with E-state index in [1.54, 1.807) is 0 Å². The molecule has 1 amide bonds. The van der Waals surface area contributed by atoms with Crippen molar-refractivity contribution in [2.45, 2.75) is 33.1 Å². The number of hydrogen-bond donors (Lipinski definition) is 2. The molecule has 1 aromatic heterocycles. The third-order valence-corrected chi connectivity index (χ3v) is 2.10. The van der Waals surface area contributed by atoms with E-state index >= 15 is 0 Å². The molecule has 78 valence electrons. The number of amides is 1. The lowest BCUT2D eigenvalue weighted by molar-refractivity contribution is 0.0972. The van der Waals surface area contributed by atoms with Gasteiger partial charge in [0.2, 0.25) is 5.76 Å². The molecule has 0 fully saturated rings. The van der Waals surface area contributed by atoms with Gasteiger partial charge in [-0.05, 0) is 6.92 Å². The largest absolute Gasteiger partial charge is 0.453 e. The maximum atomic E-state index is 11.0. The summed E-state index contributed by atoms with van der Waals surface area (Å²) in [6.07, 6.45) is 0. The van der Waals surface area contributed by atoms with Crippen molar-refractivity contribution >= 4 is 11.6 Å². The fraction of sp³-hybridized carbons (Fsp3) is 0.500. The van der Waals surface area contributed by atoms with Crippen LogP contribution in [0.5, 0.6) is 0 Å². The van der Waals surface area contributed by atoms with Gasteiger partial charge in [-0.1, -0.05) is 20.8 Å². The van der Waals surface area contributed by atoms with Crippen LogP contribution in [0.25, 0.3) is 0 Å². The molecule has 0 aliphatic heterocycles. The molecule has 0 spiro atoms. The second kappa shape index (κ2) is 3.04. The molecule has 0 aromatic carbocycles. The Labute approximate surface area is 83.3 Å². The Hall–Kier alpha value is -1.45. The zero-order valence-electron chi connectivity index (χ0n) is 8.97. The van der Waals surface area contributed by atoms with Crippen molar-refractivity contribution in [3.05, 3.63) is 17.1 Å². The van der Waals surface area contributed by atoms with Gasteiger partial charge in [0, 0.05) is 11.0 Å². The summed E-state index contributed by atoms with van der Waals surface area (Å²) in [4.78, 5) is 11.0. The van der Waals surface area contributed by atoms with Crippen LogP contribution in [-0.4, -0.2) is 5.91 Å². The molecule has 1 heterocycles. The highest BCUT2D eigenvalue weighted by molar-refractivity contribution is 5.96. The van der Waals surface area contributed by atoms with Gasteiger partial charge in [-0.3, -0.25) is 4.79 Å². The second-order valence-corrected chi connectivity index (χ2v) is 4.41. The number of rotatable bonds is 1. The predicted molar refractivity (Wildman–Crippen MR) is 55.1 cm³/mol. The first-order chi connectivity index (χ1) is 6.25. The number of carbonyl (C=O) groups excluding carboxylic acids is 1. The Morgan fingerprint density at radius 3 is 2.07 bits per heavy atom. The molecule has 4 nitrogen and oxygen atoms in total. The first-order valence-electron chi connectivity index (χ1n) is 4.44. The highest BCUT2D eigenvalue weighted by atomic mass is 16.4. The number of carbonyl (C=O) groups is 1. The smallest absolute Gasteiger partial charge is 0.286 e. The Morgan fingerprint density at radius 1 is 1.36 bits per heavy atom. The van der Waals surface area contributed by atoms with E-state index in [1.807, 2.05) is 27.7 Å². The molecule has 4 N–H and O–H groups in total. The first-order valence-corrected chi connectivity index (χ1v) is 4.44. The average molecular weight is 196 g/mol. The van der Waals surface area contributed by atoms with Crippen molar-refractivity contribution in [3.8, 4) is 0 Å². The molecule has 0 bridgehead atoms. The first kappa shape index (κ1) is 10.6. The van der Waals surface area contributed by atoms with Crippen molar-refractivity contribution < 1.29 is 9.21 Å². The van der Waals surface area contributed by atoms with Crippen LogP contribution in [0.2, 0.25) is 0 Å². The summed E-state index contributed by atoms with van der Waals surface area (Å²) < 4.78 is 5.37. The molecule has 1 aromatic rings. The molecule has 0 unspecified atom stereocenters. The van der Waals surface area contributed by atoms with Crippen molar-refractivity contribution in [2.75, 3.05) is 5.73 Å². The van der Waals surface area contributed by atoms with E-state index in [4.69, 9.17) is 15.9 Å². The molecular weight excluding hydrogens is 180 g/mol. The highest BCUT2D eigenvalue weighted by Gasteiger charge is 2.26. The van der Waals surface area contributed by atoms with Gasteiger partial charge >= 0.3 is 0 Å². The van der Waals surface area contributed by atoms with Crippen LogP contribution >= 0.6 is 0 Å². The summed E-state index contributed by atoms with van der Waals surface area (Å²) in [6.45, 7) is 7.79. The maximum Gasteiger partial charge on any atom is 0.286 e. The second-order valence-electron chi connectivity index (χ2n) is 4.41. The van der Waals surface area contributed by atoms with E-state index in [-0.39, 0.29) is 11.2 Å². The quantitative estimate of drug-likeness (QED) is 0.715. The molecule has 0 saturated carbocycles. The van der Waals surface area contributed by atoms with E-state index in [2.05, 4.69) is 0 Å². The van der Waals surface area contributed by atoms with Gasteiger partial charge in [0.25, 0.3) is 5.91 Å². The predicted octanol–water partition coefficient (Wildman–Crippen LogP) is 1.57. The number of anilines is 1. The van der Waals surface area contributed by atoms with Crippen molar-refractivity contribution in [3.63, 3.8) is 0 Å². The Morgan fingerprint density at radius 2 is 1.86 bits per heavy atom. The van der Waals surface area contributed by atoms with E-state index in [9.17, 15) is 4.79 Å². The molecule has 14 heavy (non-hydrogen) atoms. The van der Waals surface area contributed by atoms with Crippen LogP contribution in [0.1, 0.15) is 42.6 Å². The van der Waals surface area contributed by atoms with Crippen LogP contribution in [0, 0.1) is 6.92 Å². The van der Waals surface area contributed by atoms with Gasteiger partial charge in [0.05, 0.1) is 5.69 Å². The molecule has 4 heteroatoms. The molecular formula is C10H16N2O2. The van der Waals surface area contributed by atoms with Crippen LogP contribution in [0.15, 0.2) is 4.42 Å². The normalized spacial score (nSPS) is 11.7. The molecule has 0 aliphatic carbocycles. The minimum atomic E-state index is -0.624. The molecule has 0 atom stereocenters. The molecule has 0 radical (unpaired) electrons. The van der Waals surface area contributed by atoms with Crippen LogP contribution < -0.4 is 11.5 Å². The topological polar surface area (TPSA) is 82.2 Å². The van der Waals surface area contributed by atoms with E-state index < -0.39 is 5.91 Å².